The molecule has 0 bridgehead atoms. The molecule has 4 rings (SSSR count). The molecule has 2 aliphatic rings. The summed E-state index contributed by atoms with van der Waals surface area (Å²) in [7, 11) is -3.15. The first kappa shape index (κ1) is 17.1. The van der Waals surface area contributed by atoms with Gasteiger partial charge in [0.2, 0.25) is 0 Å². The molecule has 136 valence electrons. The Balaban J connectivity index is 1.53. The van der Waals surface area contributed by atoms with Crippen LogP contribution in [-0.2, 0) is 14.6 Å². The first-order chi connectivity index (χ1) is 12.5. The lowest BCUT2D eigenvalue weighted by Crippen LogP contribution is -2.24. The zero-order valence-electron chi connectivity index (χ0n) is 14.6. The van der Waals surface area contributed by atoms with Crippen LogP contribution in [0.15, 0.2) is 53.4 Å². The highest BCUT2D eigenvalue weighted by molar-refractivity contribution is 7.92. The minimum absolute atomic E-state index is 0.0527. The van der Waals surface area contributed by atoms with Gasteiger partial charge in [-0.2, -0.15) is 0 Å². The van der Waals surface area contributed by atoms with E-state index in [1.165, 1.54) is 0 Å². The van der Waals surface area contributed by atoms with E-state index in [1.807, 2.05) is 43.3 Å². The molecule has 0 aromatic heterocycles. The summed E-state index contributed by atoms with van der Waals surface area (Å²) in [5.74, 6) is 0. The Morgan fingerprint density at radius 1 is 1.00 bits per heavy atom. The molecule has 0 radical (unpaired) electrons. The lowest BCUT2D eigenvalue weighted by Gasteiger charge is -2.13. The monoisotopic (exact) mass is 371 g/mol. The zero-order chi connectivity index (χ0) is 18.3. The topological polar surface area (TPSA) is 63.7 Å². The molecule has 1 saturated heterocycles. The average Bonchev–Trinajstić information content (AvgIpc) is 3.45. The van der Waals surface area contributed by atoms with E-state index in [-0.39, 0.29) is 17.4 Å². The Morgan fingerprint density at radius 3 is 2.08 bits per heavy atom. The van der Waals surface area contributed by atoms with Crippen molar-refractivity contribution >= 4 is 21.6 Å². The quantitative estimate of drug-likeness (QED) is 0.796. The maximum atomic E-state index is 12.3. The van der Waals surface area contributed by atoms with Gasteiger partial charge < -0.3 is 4.74 Å². The third kappa shape index (κ3) is 3.09. The summed E-state index contributed by atoms with van der Waals surface area (Å²) in [4.78, 5) is 14.0. The molecule has 2 aromatic carbocycles. The number of hydrogen-bond donors (Lipinski definition) is 0. The molecule has 6 heteroatoms. The van der Waals surface area contributed by atoms with Crippen LogP contribution in [0.2, 0.25) is 0 Å². The van der Waals surface area contributed by atoms with Crippen LogP contribution in [0.4, 0.5) is 10.5 Å². The number of hydrogen-bond acceptors (Lipinski definition) is 4. The van der Waals surface area contributed by atoms with Gasteiger partial charge in [0.15, 0.2) is 9.84 Å². The number of carbonyl (C=O) groups is 1. The molecule has 26 heavy (non-hydrogen) atoms. The molecule has 0 unspecified atom stereocenters. The van der Waals surface area contributed by atoms with E-state index in [4.69, 9.17) is 4.74 Å². The molecule has 0 spiro atoms. The largest absolute Gasteiger partial charge is 0.444 e. The fourth-order valence-corrected chi connectivity index (χ4v) is 4.84. The standard InChI is InChI=1S/C20H21NO4S/c1-2-17-13-21(20(22)25-17)16-7-3-14(4-8-16)15-5-9-18(10-6-15)26(23,24)19-11-12-19/h3-10,17,19H,2,11-13H2,1H3/t17-/m0/s1. The lowest BCUT2D eigenvalue weighted by molar-refractivity contribution is 0.139. The van der Waals surface area contributed by atoms with Crippen molar-refractivity contribution in [3.63, 3.8) is 0 Å². The molecular formula is C20H21NO4S. The van der Waals surface area contributed by atoms with E-state index in [0.29, 0.717) is 11.4 Å². The van der Waals surface area contributed by atoms with Crippen molar-refractivity contribution in [1.29, 1.82) is 0 Å². The van der Waals surface area contributed by atoms with Crippen molar-refractivity contribution in [1.82, 2.24) is 0 Å². The van der Waals surface area contributed by atoms with Gasteiger partial charge in [-0.3, -0.25) is 4.90 Å². The molecule has 5 nitrogen and oxygen atoms in total. The molecule has 2 fully saturated rings. The van der Waals surface area contributed by atoms with Crippen LogP contribution in [0.3, 0.4) is 0 Å². The second kappa shape index (κ2) is 6.43. The highest BCUT2D eigenvalue weighted by atomic mass is 32.2. The number of carbonyl (C=O) groups excluding carboxylic acids is 1. The van der Waals surface area contributed by atoms with E-state index in [9.17, 15) is 13.2 Å². The SMILES string of the molecule is CC[C@H]1CN(c2ccc(-c3ccc(S(=O)(=O)C4CC4)cc3)cc2)C(=O)O1. The molecule has 2 aromatic rings. The number of sulfone groups is 1. The Labute approximate surface area is 153 Å². The summed E-state index contributed by atoms with van der Waals surface area (Å²) in [5.41, 5.74) is 2.73. The minimum atomic E-state index is -3.15. The van der Waals surface area contributed by atoms with Crippen LogP contribution in [0.25, 0.3) is 11.1 Å². The summed E-state index contributed by atoms with van der Waals surface area (Å²) in [6.07, 6.45) is 1.98. The number of benzene rings is 2. The van der Waals surface area contributed by atoms with Crippen molar-refractivity contribution in [3.8, 4) is 11.1 Å². The number of nitrogens with zero attached hydrogens (tertiary/aromatic N) is 1. The predicted molar refractivity (Wildman–Crippen MR) is 100.0 cm³/mol. The zero-order valence-corrected chi connectivity index (χ0v) is 15.4. The van der Waals surface area contributed by atoms with Gasteiger partial charge in [-0.25, -0.2) is 13.2 Å². The van der Waals surface area contributed by atoms with Crippen molar-refractivity contribution in [3.05, 3.63) is 48.5 Å². The number of anilines is 1. The van der Waals surface area contributed by atoms with E-state index in [2.05, 4.69) is 0 Å². The van der Waals surface area contributed by atoms with Crippen LogP contribution in [0.5, 0.6) is 0 Å². The van der Waals surface area contributed by atoms with Crippen LogP contribution >= 0.6 is 0 Å². The van der Waals surface area contributed by atoms with Gasteiger partial charge in [0, 0.05) is 5.69 Å². The van der Waals surface area contributed by atoms with Gasteiger partial charge in [0.25, 0.3) is 0 Å². The fourth-order valence-electron chi connectivity index (χ4n) is 3.19. The average molecular weight is 371 g/mol. The lowest BCUT2D eigenvalue weighted by atomic mass is 10.1. The van der Waals surface area contributed by atoms with E-state index in [0.717, 1.165) is 36.1 Å². The minimum Gasteiger partial charge on any atom is -0.444 e. The third-order valence-electron chi connectivity index (χ3n) is 4.99. The molecule has 1 aliphatic carbocycles. The Kier molecular flexibility index (Phi) is 4.23. The molecule has 1 aliphatic heterocycles. The second-order valence-corrected chi connectivity index (χ2v) is 9.07. The maximum absolute atomic E-state index is 12.3. The van der Waals surface area contributed by atoms with E-state index >= 15 is 0 Å². The maximum Gasteiger partial charge on any atom is 0.414 e. The van der Waals surface area contributed by atoms with E-state index < -0.39 is 9.84 Å². The van der Waals surface area contributed by atoms with Crippen molar-refractivity contribution < 1.29 is 17.9 Å². The van der Waals surface area contributed by atoms with E-state index in [1.54, 1.807) is 17.0 Å². The van der Waals surface area contributed by atoms with Gasteiger partial charge >= 0.3 is 6.09 Å². The first-order valence-electron chi connectivity index (χ1n) is 8.91. The highest BCUT2D eigenvalue weighted by Crippen LogP contribution is 2.34. The molecule has 0 N–H and O–H groups in total. The Morgan fingerprint density at radius 2 is 1.58 bits per heavy atom. The van der Waals surface area contributed by atoms with Gasteiger partial charge in [-0.1, -0.05) is 31.2 Å². The number of rotatable bonds is 5. The van der Waals surface area contributed by atoms with Crippen LogP contribution in [0, 0.1) is 0 Å². The summed E-state index contributed by atoms with van der Waals surface area (Å²) in [6.45, 7) is 2.57. The van der Waals surface area contributed by atoms with Crippen LogP contribution < -0.4 is 4.90 Å². The first-order valence-corrected chi connectivity index (χ1v) is 10.5. The molecule has 1 atom stereocenters. The van der Waals surface area contributed by atoms with Gasteiger partial charge in [0.1, 0.15) is 6.10 Å². The number of amides is 1. The third-order valence-corrected chi connectivity index (χ3v) is 7.27. The van der Waals surface area contributed by atoms with Crippen molar-refractivity contribution in [2.75, 3.05) is 11.4 Å². The predicted octanol–water partition coefficient (Wildman–Crippen LogP) is 4.02. The van der Waals surface area contributed by atoms with Gasteiger partial charge in [-0.15, -0.1) is 0 Å². The summed E-state index contributed by atoms with van der Waals surface area (Å²) >= 11 is 0. The Bertz CT molecular complexity index is 915. The van der Waals surface area contributed by atoms with Crippen molar-refractivity contribution in [2.45, 2.75) is 42.4 Å². The molecule has 1 heterocycles. The highest BCUT2D eigenvalue weighted by Gasteiger charge is 2.36. The second-order valence-electron chi connectivity index (χ2n) is 6.84. The van der Waals surface area contributed by atoms with Gasteiger partial charge in [0.05, 0.1) is 16.7 Å². The number of ether oxygens (including phenoxy) is 1. The Hall–Kier alpha value is -2.34. The summed E-state index contributed by atoms with van der Waals surface area (Å²) in [5, 5.41) is -0.195. The fraction of sp³-hybridized carbons (Fsp3) is 0.350. The molecule has 1 saturated carbocycles. The van der Waals surface area contributed by atoms with Crippen LogP contribution in [-0.4, -0.2) is 32.4 Å². The normalized spacial score (nSPS) is 20.3. The number of cyclic esters (lactones) is 1. The summed E-state index contributed by atoms with van der Waals surface area (Å²) < 4.78 is 29.8. The smallest absolute Gasteiger partial charge is 0.414 e. The molecule has 1 amide bonds. The van der Waals surface area contributed by atoms with Crippen LogP contribution in [0.1, 0.15) is 26.2 Å². The van der Waals surface area contributed by atoms with Crippen molar-refractivity contribution in [2.24, 2.45) is 0 Å². The molecular weight excluding hydrogens is 350 g/mol. The summed E-state index contributed by atoms with van der Waals surface area (Å²) in [6, 6.07) is 14.7. The van der Waals surface area contributed by atoms with Gasteiger partial charge in [-0.05, 0) is 54.7 Å².